The molecule has 0 aliphatic heterocycles. The molecule has 0 fully saturated rings. The summed E-state index contributed by atoms with van der Waals surface area (Å²) >= 11 is 1.44. The highest BCUT2D eigenvalue weighted by molar-refractivity contribution is 7.09. The fraction of sp³-hybridized carbons (Fsp3) is 0.238. The Morgan fingerprint density at radius 3 is 2.59 bits per heavy atom. The van der Waals surface area contributed by atoms with Crippen LogP contribution in [0.2, 0.25) is 0 Å². The molecule has 0 atom stereocenters. The number of halogens is 2. The second kappa shape index (κ2) is 9.97. The Labute approximate surface area is 171 Å². The van der Waals surface area contributed by atoms with Gasteiger partial charge in [0.25, 0.3) is 0 Å². The molecule has 3 rings (SSSR count). The number of hydrogen-bond acceptors (Lipinski definition) is 5. The summed E-state index contributed by atoms with van der Waals surface area (Å²) in [5.41, 5.74) is 1.83. The molecule has 0 radical (unpaired) electrons. The van der Waals surface area contributed by atoms with Crippen molar-refractivity contribution in [2.45, 2.75) is 20.0 Å². The van der Waals surface area contributed by atoms with Crippen molar-refractivity contribution < 1.29 is 23.0 Å². The summed E-state index contributed by atoms with van der Waals surface area (Å²) in [7, 11) is 0. The van der Waals surface area contributed by atoms with E-state index in [-0.39, 0.29) is 31.2 Å². The van der Waals surface area contributed by atoms with E-state index < -0.39 is 11.6 Å². The lowest BCUT2D eigenvalue weighted by Gasteiger charge is -2.07. The van der Waals surface area contributed by atoms with Crippen LogP contribution < -0.4 is 14.8 Å². The Bertz CT molecular complexity index is 961. The number of hydrogen-bond donors (Lipinski definition) is 1. The standard InChI is InChI=1S/C21H20F2N2O3S/c1-14-2-4-16(5-3-14)28-12-21-25-15(13-29-21)10-20(26)24-8-9-27-17-6-7-18(22)19(23)11-17/h2-7,11,13H,8-10,12H2,1H3,(H,24,26). The molecule has 0 saturated carbocycles. The molecule has 0 unspecified atom stereocenters. The van der Waals surface area contributed by atoms with Gasteiger partial charge in [-0.15, -0.1) is 11.3 Å². The van der Waals surface area contributed by atoms with Crippen LogP contribution in [-0.4, -0.2) is 24.0 Å². The molecule has 1 N–H and O–H groups in total. The van der Waals surface area contributed by atoms with Gasteiger partial charge in [-0.2, -0.15) is 0 Å². The summed E-state index contributed by atoms with van der Waals surface area (Å²) < 4.78 is 36.9. The molecule has 1 aromatic heterocycles. The van der Waals surface area contributed by atoms with E-state index in [1.54, 1.807) is 0 Å². The highest BCUT2D eigenvalue weighted by Crippen LogP contribution is 2.17. The average molecular weight is 418 g/mol. The molecule has 0 bridgehead atoms. The van der Waals surface area contributed by atoms with Gasteiger partial charge in [-0.1, -0.05) is 17.7 Å². The molecule has 5 nitrogen and oxygen atoms in total. The lowest BCUT2D eigenvalue weighted by atomic mass is 10.2. The second-order valence-electron chi connectivity index (χ2n) is 6.29. The zero-order chi connectivity index (χ0) is 20.6. The van der Waals surface area contributed by atoms with Crippen molar-refractivity contribution in [3.63, 3.8) is 0 Å². The number of nitrogens with zero attached hydrogens (tertiary/aromatic N) is 1. The van der Waals surface area contributed by atoms with Crippen LogP contribution in [0.25, 0.3) is 0 Å². The van der Waals surface area contributed by atoms with Gasteiger partial charge in [-0.25, -0.2) is 13.8 Å². The van der Waals surface area contributed by atoms with Gasteiger partial charge in [0, 0.05) is 11.4 Å². The fourth-order valence-electron chi connectivity index (χ4n) is 2.43. The Balaban J connectivity index is 1.37. The van der Waals surface area contributed by atoms with Gasteiger partial charge in [0.1, 0.15) is 29.7 Å². The van der Waals surface area contributed by atoms with E-state index in [9.17, 15) is 13.6 Å². The zero-order valence-electron chi connectivity index (χ0n) is 15.8. The Morgan fingerprint density at radius 2 is 1.83 bits per heavy atom. The number of aryl methyl sites for hydroxylation is 1. The maximum absolute atomic E-state index is 13.1. The van der Waals surface area contributed by atoms with Gasteiger partial charge in [-0.05, 0) is 31.2 Å². The predicted molar refractivity (Wildman–Crippen MR) is 106 cm³/mol. The summed E-state index contributed by atoms with van der Waals surface area (Å²) in [6.45, 7) is 2.74. The van der Waals surface area contributed by atoms with Crippen molar-refractivity contribution in [1.82, 2.24) is 10.3 Å². The third-order valence-corrected chi connectivity index (χ3v) is 4.78. The van der Waals surface area contributed by atoms with Crippen molar-refractivity contribution >= 4 is 17.2 Å². The first kappa shape index (κ1) is 20.7. The van der Waals surface area contributed by atoms with Crippen LogP contribution in [-0.2, 0) is 17.8 Å². The number of ether oxygens (including phenoxy) is 2. The molecule has 0 aliphatic carbocycles. The number of amides is 1. The second-order valence-corrected chi connectivity index (χ2v) is 7.23. The number of carbonyl (C=O) groups is 1. The molecule has 29 heavy (non-hydrogen) atoms. The summed E-state index contributed by atoms with van der Waals surface area (Å²) in [6, 6.07) is 11.0. The normalized spacial score (nSPS) is 10.6. The zero-order valence-corrected chi connectivity index (χ0v) is 16.6. The summed E-state index contributed by atoms with van der Waals surface area (Å²) in [5, 5.41) is 5.31. The molecule has 1 heterocycles. The van der Waals surface area contributed by atoms with Gasteiger partial charge in [0.15, 0.2) is 11.6 Å². The molecule has 1 amide bonds. The van der Waals surface area contributed by atoms with Crippen LogP contribution in [0.5, 0.6) is 11.5 Å². The van der Waals surface area contributed by atoms with Crippen LogP contribution in [0.1, 0.15) is 16.3 Å². The molecular weight excluding hydrogens is 398 g/mol. The molecule has 0 aliphatic rings. The minimum absolute atomic E-state index is 0.142. The van der Waals surface area contributed by atoms with Crippen LogP contribution in [0.15, 0.2) is 47.8 Å². The Hall–Kier alpha value is -3.00. The van der Waals surface area contributed by atoms with E-state index in [2.05, 4.69) is 10.3 Å². The van der Waals surface area contributed by atoms with E-state index in [1.807, 2.05) is 36.6 Å². The largest absolute Gasteiger partial charge is 0.492 e. The van der Waals surface area contributed by atoms with E-state index in [1.165, 1.54) is 17.4 Å². The minimum atomic E-state index is -0.975. The van der Waals surface area contributed by atoms with Crippen LogP contribution >= 0.6 is 11.3 Å². The van der Waals surface area contributed by atoms with Crippen LogP contribution in [0, 0.1) is 18.6 Å². The first-order valence-electron chi connectivity index (χ1n) is 8.97. The summed E-state index contributed by atoms with van der Waals surface area (Å²) in [4.78, 5) is 16.4. The minimum Gasteiger partial charge on any atom is -0.492 e. The molecule has 0 saturated heterocycles. The number of carbonyl (C=O) groups excluding carboxylic acids is 1. The number of thiazole rings is 1. The topological polar surface area (TPSA) is 60.5 Å². The number of aromatic nitrogens is 1. The van der Waals surface area contributed by atoms with E-state index in [0.717, 1.165) is 28.5 Å². The lowest BCUT2D eigenvalue weighted by molar-refractivity contribution is -0.120. The van der Waals surface area contributed by atoms with E-state index in [4.69, 9.17) is 9.47 Å². The quantitative estimate of drug-likeness (QED) is 0.533. The van der Waals surface area contributed by atoms with Gasteiger partial charge >= 0.3 is 0 Å². The maximum atomic E-state index is 13.1. The molecule has 152 valence electrons. The molecule has 2 aromatic carbocycles. The van der Waals surface area contributed by atoms with Crippen molar-refractivity contribution in [2.75, 3.05) is 13.2 Å². The van der Waals surface area contributed by atoms with Gasteiger partial charge in [0.2, 0.25) is 5.91 Å². The SMILES string of the molecule is Cc1ccc(OCc2nc(CC(=O)NCCOc3ccc(F)c(F)c3)cs2)cc1. The van der Waals surface area contributed by atoms with Crippen LogP contribution in [0.3, 0.4) is 0 Å². The number of benzene rings is 2. The third kappa shape index (κ3) is 6.53. The smallest absolute Gasteiger partial charge is 0.226 e. The first-order chi connectivity index (χ1) is 14.0. The van der Waals surface area contributed by atoms with Gasteiger partial charge in [0.05, 0.1) is 18.7 Å². The summed E-state index contributed by atoms with van der Waals surface area (Å²) in [6.07, 6.45) is 0.145. The molecule has 0 spiro atoms. The Kier molecular flexibility index (Phi) is 7.13. The van der Waals surface area contributed by atoms with E-state index in [0.29, 0.717) is 12.3 Å². The number of rotatable bonds is 9. The fourth-order valence-corrected chi connectivity index (χ4v) is 3.13. The van der Waals surface area contributed by atoms with Crippen molar-refractivity contribution in [2.24, 2.45) is 0 Å². The molecule has 8 heteroatoms. The summed E-state index contributed by atoms with van der Waals surface area (Å²) in [5.74, 6) is -1.13. The number of nitrogens with one attached hydrogen (secondary N) is 1. The van der Waals surface area contributed by atoms with Gasteiger partial charge in [-0.3, -0.25) is 4.79 Å². The molecule has 3 aromatic rings. The van der Waals surface area contributed by atoms with Crippen molar-refractivity contribution in [3.05, 3.63) is 75.7 Å². The monoisotopic (exact) mass is 418 g/mol. The lowest BCUT2D eigenvalue weighted by Crippen LogP contribution is -2.29. The highest BCUT2D eigenvalue weighted by Gasteiger charge is 2.09. The van der Waals surface area contributed by atoms with Crippen molar-refractivity contribution in [3.8, 4) is 11.5 Å². The average Bonchev–Trinajstić information content (AvgIpc) is 3.15. The first-order valence-corrected chi connectivity index (χ1v) is 9.85. The van der Waals surface area contributed by atoms with Crippen molar-refractivity contribution in [1.29, 1.82) is 0 Å². The maximum Gasteiger partial charge on any atom is 0.226 e. The third-order valence-electron chi connectivity index (χ3n) is 3.91. The highest BCUT2D eigenvalue weighted by atomic mass is 32.1. The predicted octanol–water partition coefficient (Wildman–Crippen LogP) is 4.05. The van der Waals surface area contributed by atoms with Gasteiger partial charge < -0.3 is 14.8 Å². The Morgan fingerprint density at radius 1 is 1.07 bits per heavy atom. The van der Waals surface area contributed by atoms with E-state index >= 15 is 0 Å². The van der Waals surface area contributed by atoms with Crippen LogP contribution in [0.4, 0.5) is 8.78 Å². The molecular formula is C21H20F2N2O3S.